The van der Waals surface area contributed by atoms with Gasteiger partial charge in [0.2, 0.25) is 0 Å². The summed E-state index contributed by atoms with van der Waals surface area (Å²) in [6.07, 6.45) is 3.95. The number of carbonyl (C=O) groups is 1. The molecular formula is C17H26N4O2. The molecule has 2 atom stereocenters. The molecule has 2 aliphatic rings. The third-order valence-corrected chi connectivity index (χ3v) is 4.50. The number of nitrogens with one attached hydrogen (secondary N) is 1. The Hall–Kier alpha value is -1.82. The average Bonchev–Trinajstić information content (AvgIpc) is 2.55. The Kier molecular flexibility index (Phi) is 5.00. The summed E-state index contributed by atoms with van der Waals surface area (Å²) in [6, 6.07) is 6.27. The molecule has 1 N–H and O–H groups in total. The molecule has 3 heterocycles. The number of hydrogen-bond donors (Lipinski definition) is 1. The first-order valence-electron chi connectivity index (χ1n) is 8.48. The molecule has 0 spiro atoms. The largest absolute Gasteiger partial charge is 0.372 e. The number of piperidine rings is 1. The van der Waals surface area contributed by atoms with Gasteiger partial charge in [0.1, 0.15) is 5.82 Å². The highest BCUT2D eigenvalue weighted by atomic mass is 16.5. The van der Waals surface area contributed by atoms with E-state index in [-0.39, 0.29) is 24.3 Å². The lowest BCUT2D eigenvalue weighted by Crippen LogP contribution is -2.55. The predicted octanol–water partition coefficient (Wildman–Crippen LogP) is 1.87. The van der Waals surface area contributed by atoms with Crippen molar-refractivity contribution in [2.45, 2.75) is 44.9 Å². The molecule has 6 nitrogen and oxygen atoms in total. The van der Waals surface area contributed by atoms with Gasteiger partial charge in [-0.05, 0) is 38.8 Å². The van der Waals surface area contributed by atoms with Crippen molar-refractivity contribution in [3.05, 3.63) is 24.4 Å². The highest BCUT2D eigenvalue weighted by Crippen LogP contribution is 2.18. The quantitative estimate of drug-likeness (QED) is 0.904. The van der Waals surface area contributed by atoms with Crippen molar-refractivity contribution in [1.82, 2.24) is 15.2 Å². The van der Waals surface area contributed by atoms with E-state index < -0.39 is 0 Å². The van der Waals surface area contributed by atoms with Crippen LogP contribution in [0.15, 0.2) is 24.4 Å². The number of morpholine rings is 1. The van der Waals surface area contributed by atoms with E-state index in [1.807, 2.05) is 43.1 Å². The summed E-state index contributed by atoms with van der Waals surface area (Å²) in [5.41, 5.74) is 0. The molecule has 3 rings (SSSR count). The molecule has 0 bridgehead atoms. The fourth-order valence-electron chi connectivity index (χ4n) is 3.40. The average molecular weight is 318 g/mol. The number of rotatable bonds is 2. The number of pyridine rings is 1. The third-order valence-electron chi connectivity index (χ3n) is 4.50. The Bertz CT molecular complexity index is 507. The normalized spacial score (nSPS) is 26.2. The van der Waals surface area contributed by atoms with E-state index >= 15 is 0 Å². The van der Waals surface area contributed by atoms with Crippen LogP contribution in [0.2, 0.25) is 0 Å². The zero-order valence-electron chi connectivity index (χ0n) is 13.9. The number of anilines is 1. The number of ether oxygens (including phenoxy) is 1. The van der Waals surface area contributed by atoms with Crippen LogP contribution in [0.25, 0.3) is 0 Å². The van der Waals surface area contributed by atoms with Gasteiger partial charge in [-0.1, -0.05) is 6.07 Å². The summed E-state index contributed by atoms with van der Waals surface area (Å²) < 4.78 is 5.68. The van der Waals surface area contributed by atoms with E-state index in [2.05, 4.69) is 15.2 Å². The summed E-state index contributed by atoms with van der Waals surface area (Å²) in [7, 11) is 0. The first-order valence-corrected chi connectivity index (χ1v) is 8.48. The topological polar surface area (TPSA) is 57.7 Å². The lowest BCUT2D eigenvalue weighted by Gasteiger charge is -2.38. The van der Waals surface area contributed by atoms with Gasteiger partial charge < -0.3 is 19.9 Å². The maximum absolute atomic E-state index is 12.4. The van der Waals surface area contributed by atoms with E-state index in [0.717, 1.165) is 31.7 Å². The van der Waals surface area contributed by atoms with Gasteiger partial charge in [-0.25, -0.2) is 9.78 Å². The zero-order valence-corrected chi connectivity index (χ0v) is 13.9. The Morgan fingerprint density at radius 1 is 1.22 bits per heavy atom. The fraction of sp³-hybridized carbons (Fsp3) is 0.647. The number of urea groups is 1. The maximum Gasteiger partial charge on any atom is 0.317 e. The van der Waals surface area contributed by atoms with Crippen LogP contribution in [0, 0.1) is 0 Å². The Morgan fingerprint density at radius 3 is 2.52 bits per heavy atom. The second kappa shape index (κ2) is 7.17. The molecule has 0 saturated carbocycles. The Morgan fingerprint density at radius 2 is 1.91 bits per heavy atom. The van der Waals surface area contributed by atoms with Gasteiger partial charge in [-0.2, -0.15) is 0 Å². The zero-order chi connectivity index (χ0) is 16.2. The van der Waals surface area contributed by atoms with Crippen LogP contribution >= 0.6 is 0 Å². The number of aromatic nitrogens is 1. The molecule has 2 saturated heterocycles. The molecule has 2 unspecified atom stereocenters. The number of nitrogens with zero attached hydrogens (tertiary/aromatic N) is 3. The van der Waals surface area contributed by atoms with Gasteiger partial charge in [0.25, 0.3) is 0 Å². The van der Waals surface area contributed by atoms with Crippen LogP contribution in [0.4, 0.5) is 10.6 Å². The van der Waals surface area contributed by atoms with E-state index in [1.165, 1.54) is 0 Å². The van der Waals surface area contributed by atoms with Crippen LogP contribution in [-0.2, 0) is 4.74 Å². The summed E-state index contributed by atoms with van der Waals surface area (Å²) in [6.45, 7) is 7.23. The van der Waals surface area contributed by atoms with E-state index in [9.17, 15) is 4.79 Å². The molecule has 1 aromatic heterocycles. The van der Waals surface area contributed by atoms with Crippen LogP contribution in [-0.4, -0.2) is 60.3 Å². The van der Waals surface area contributed by atoms with Crippen molar-refractivity contribution < 1.29 is 9.53 Å². The fourth-order valence-corrected chi connectivity index (χ4v) is 3.40. The SMILES string of the molecule is CC1CN(C(=O)NC2CCN(c3ccccn3)CC2)CC(C)O1. The van der Waals surface area contributed by atoms with Crippen molar-refractivity contribution >= 4 is 11.8 Å². The van der Waals surface area contributed by atoms with Gasteiger partial charge in [0, 0.05) is 38.4 Å². The van der Waals surface area contributed by atoms with Gasteiger partial charge in [-0.15, -0.1) is 0 Å². The van der Waals surface area contributed by atoms with Gasteiger partial charge in [-0.3, -0.25) is 0 Å². The minimum absolute atomic E-state index is 0.0447. The maximum atomic E-state index is 12.4. The van der Waals surface area contributed by atoms with Crippen LogP contribution in [0.3, 0.4) is 0 Å². The first kappa shape index (κ1) is 16.1. The van der Waals surface area contributed by atoms with Crippen LogP contribution in [0.5, 0.6) is 0 Å². The second-order valence-corrected chi connectivity index (χ2v) is 6.56. The predicted molar refractivity (Wildman–Crippen MR) is 89.6 cm³/mol. The molecular weight excluding hydrogens is 292 g/mol. The van der Waals surface area contributed by atoms with Crippen LogP contribution in [0.1, 0.15) is 26.7 Å². The molecule has 2 aliphatic heterocycles. The van der Waals surface area contributed by atoms with Gasteiger partial charge in [0.15, 0.2) is 0 Å². The van der Waals surface area contributed by atoms with E-state index in [1.54, 1.807) is 0 Å². The number of carbonyl (C=O) groups excluding carboxylic acids is 1. The molecule has 2 fully saturated rings. The number of hydrogen-bond acceptors (Lipinski definition) is 4. The highest BCUT2D eigenvalue weighted by molar-refractivity contribution is 5.74. The lowest BCUT2D eigenvalue weighted by molar-refractivity contribution is -0.0548. The Labute approximate surface area is 137 Å². The van der Waals surface area contributed by atoms with Crippen molar-refractivity contribution in [3.63, 3.8) is 0 Å². The third kappa shape index (κ3) is 4.13. The van der Waals surface area contributed by atoms with Crippen molar-refractivity contribution in [3.8, 4) is 0 Å². The standard InChI is InChI=1S/C17H26N4O2/c1-13-11-21(12-14(2)23-13)17(22)19-15-6-9-20(10-7-15)16-5-3-4-8-18-16/h3-5,8,13-15H,6-7,9-12H2,1-2H3,(H,19,22). The summed E-state index contributed by atoms with van der Waals surface area (Å²) >= 11 is 0. The van der Waals surface area contributed by atoms with E-state index in [4.69, 9.17) is 4.74 Å². The summed E-state index contributed by atoms with van der Waals surface area (Å²) in [5, 5.41) is 3.19. The number of amides is 2. The van der Waals surface area contributed by atoms with Gasteiger partial charge >= 0.3 is 6.03 Å². The molecule has 23 heavy (non-hydrogen) atoms. The first-order chi connectivity index (χ1) is 11.1. The second-order valence-electron chi connectivity index (χ2n) is 6.56. The molecule has 2 amide bonds. The van der Waals surface area contributed by atoms with E-state index in [0.29, 0.717) is 13.1 Å². The highest BCUT2D eigenvalue weighted by Gasteiger charge is 2.28. The molecule has 1 aromatic rings. The molecule has 6 heteroatoms. The van der Waals surface area contributed by atoms with Crippen LogP contribution < -0.4 is 10.2 Å². The molecule has 0 radical (unpaired) electrons. The monoisotopic (exact) mass is 318 g/mol. The summed E-state index contributed by atoms with van der Waals surface area (Å²) in [4.78, 5) is 21.0. The van der Waals surface area contributed by atoms with Crippen molar-refractivity contribution in [2.24, 2.45) is 0 Å². The molecule has 0 aromatic carbocycles. The molecule has 126 valence electrons. The minimum Gasteiger partial charge on any atom is -0.372 e. The minimum atomic E-state index is 0.0447. The van der Waals surface area contributed by atoms with Gasteiger partial charge in [0.05, 0.1) is 12.2 Å². The lowest BCUT2D eigenvalue weighted by atomic mass is 10.1. The smallest absolute Gasteiger partial charge is 0.317 e. The summed E-state index contributed by atoms with van der Waals surface area (Å²) in [5.74, 6) is 1.02. The van der Waals surface area contributed by atoms with Crippen molar-refractivity contribution in [2.75, 3.05) is 31.1 Å². The Balaban J connectivity index is 1.48. The molecule has 0 aliphatic carbocycles. The van der Waals surface area contributed by atoms with Crippen molar-refractivity contribution in [1.29, 1.82) is 0 Å².